The number of nitro groups is 1. The van der Waals surface area contributed by atoms with E-state index in [0.717, 1.165) is 9.88 Å². The average Bonchev–Trinajstić information content (AvgIpc) is 2.82. The molecule has 8 heteroatoms. The number of hydrogen-bond donors (Lipinski definition) is 0. The van der Waals surface area contributed by atoms with Crippen LogP contribution < -0.4 is 0 Å². The minimum atomic E-state index is -0.589. The number of nitrogens with zero attached hydrogens (tertiary/aromatic N) is 3. The average molecular weight is 326 g/mol. The zero-order valence-corrected chi connectivity index (χ0v) is 12.9. The third kappa shape index (κ3) is 3.56. The Balaban J connectivity index is 2.26. The van der Waals surface area contributed by atoms with E-state index in [4.69, 9.17) is 11.6 Å². The molecule has 0 aliphatic carbocycles. The molecule has 21 heavy (non-hydrogen) atoms. The predicted octanol–water partition coefficient (Wildman–Crippen LogP) is 3.29. The summed E-state index contributed by atoms with van der Waals surface area (Å²) < 4.78 is 0. The molecule has 0 bridgehead atoms. The second kappa shape index (κ2) is 6.19. The summed E-state index contributed by atoms with van der Waals surface area (Å²) in [6.07, 6.45) is 1.69. The SMILES string of the molecule is Cc1ncc(CN(C)C(=O)c2cc(Cl)ccc2[N+](=O)[O-])s1. The minimum Gasteiger partial charge on any atom is -0.336 e. The maximum atomic E-state index is 12.4. The molecule has 0 saturated carbocycles. The molecule has 0 spiro atoms. The molecule has 0 aliphatic heterocycles. The molecule has 0 unspecified atom stereocenters. The number of thiazole rings is 1. The van der Waals surface area contributed by atoms with Crippen molar-refractivity contribution in [2.75, 3.05) is 7.05 Å². The molecule has 0 atom stereocenters. The van der Waals surface area contributed by atoms with Crippen LogP contribution in [-0.4, -0.2) is 27.8 Å². The highest BCUT2D eigenvalue weighted by molar-refractivity contribution is 7.11. The quantitative estimate of drug-likeness (QED) is 0.638. The van der Waals surface area contributed by atoms with Crippen LogP contribution >= 0.6 is 22.9 Å². The Morgan fingerprint density at radius 1 is 1.52 bits per heavy atom. The standard InChI is InChI=1S/C13H12ClN3O3S/c1-8-15-6-10(21-8)7-16(2)13(18)11-5-9(14)3-4-12(11)17(19)20/h3-6H,7H2,1-2H3. The smallest absolute Gasteiger partial charge is 0.282 e. The van der Waals surface area contributed by atoms with Gasteiger partial charge in [0.1, 0.15) is 5.56 Å². The summed E-state index contributed by atoms with van der Waals surface area (Å²) in [6, 6.07) is 3.94. The number of benzene rings is 1. The van der Waals surface area contributed by atoms with E-state index in [2.05, 4.69) is 4.98 Å². The maximum Gasteiger partial charge on any atom is 0.282 e. The first-order chi connectivity index (χ1) is 9.88. The number of nitro benzene ring substituents is 1. The Bertz CT molecular complexity index is 702. The first-order valence-corrected chi connectivity index (χ1v) is 7.18. The summed E-state index contributed by atoms with van der Waals surface area (Å²) in [7, 11) is 1.59. The van der Waals surface area contributed by atoms with Gasteiger partial charge in [-0.05, 0) is 19.1 Å². The van der Waals surface area contributed by atoms with Crippen molar-refractivity contribution in [3.63, 3.8) is 0 Å². The van der Waals surface area contributed by atoms with Crippen LogP contribution in [0.3, 0.4) is 0 Å². The molecule has 0 radical (unpaired) electrons. The number of aromatic nitrogens is 1. The largest absolute Gasteiger partial charge is 0.336 e. The van der Waals surface area contributed by atoms with E-state index in [1.807, 2.05) is 6.92 Å². The van der Waals surface area contributed by atoms with Gasteiger partial charge < -0.3 is 4.90 Å². The fourth-order valence-corrected chi connectivity index (χ4v) is 2.85. The van der Waals surface area contributed by atoms with E-state index >= 15 is 0 Å². The summed E-state index contributed by atoms with van der Waals surface area (Å²) in [6.45, 7) is 2.21. The number of amides is 1. The molecule has 1 amide bonds. The molecular weight excluding hydrogens is 314 g/mol. The number of halogens is 1. The van der Waals surface area contributed by atoms with Gasteiger partial charge in [-0.25, -0.2) is 4.98 Å². The molecule has 0 N–H and O–H groups in total. The lowest BCUT2D eigenvalue weighted by Gasteiger charge is -2.16. The third-order valence-corrected chi connectivity index (χ3v) is 3.93. The van der Waals surface area contributed by atoms with Gasteiger partial charge in [0, 0.05) is 29.2 Å². The zero-order chi connectivity index (χ0) is 15.6. The summed E-state index contributed by atoms with van der Waals surface area (Å²) in [5.41, 5.74) is -0.270. The van der Waals surface area contributed by atoms with Crippen LogP contribution in [0.2, 0.25) is 5.02 Å². The summed E-state index contributed by atoms with van der Waals surface area (Å²) in [4.78, 5) is 29.2. The highest BCUT2D eigenvalue weighted by Gasteiger charge is 2.23. The fraction of sp³-hybridized carbons (Fsp3) is 0.231. The molecule has 0 aliphatic rings. The third-order valence-electron chi connectivity index (χ3n) is 2.79. The van der Waals surface area contributed by atoms with Gasteiger partial charge in [0.25, 0.3) is 11.6 Å². The molecule has 6 nitrogen and oxygen atoms in total. The number of aryl methyl sites for hydroxylation is 1. The molecule has 1 heterocycles. The van der Waals surface area contributed by atoms with E-state index in [1.165, 1.54) is 34.4 Å². The van der Waals surface area contributed by atoms with Crippen molar-refractivity contribution in [3.05, 3.63) is 55.0 Å². The topological polar surface area (TPSA) is 76.3 Å². The lowest BCUT2D eigenvalue weighted by atomic mass is 10.1. The second-order valence-electron chi connectivity index (χ2n) is 4.43. The van der Waals surface area contributed by atoms with Gasteiger partial charge in [-0.15, -0.1) is 11.3 Å². The van der Waals surface area contributed by atoms with Crippen molar-refractivity contribution >= 4 is 34.5 Å². The molecule has 1 aromatic carbocycles. The van der Waals surface area contributed by atoms with Crippen LogP contribution in [0, 0.1) is 17.0 Å². The highest BCUT2D eigenvalue weighted by Crippen LogP contribution is 2.24. The number of carbonyl (C=O) groups excluding carboxylic acids is 1. The van der Waals surface area contributed by atoms with Gasteiger partial charge in [-0.2, -0.15) is 0 Å². The van der Waals surface area contributed by atoms with Crippen LogP contribution in [0.15, 0.2) is 24.4 Å². The van der Waals surface area contributed by atoms with Crippen molar-refractivity contribution in [3.8, 4) is 0 Å². The molecule has 2 aromatic rings. The van der Waals surface area contributed by atoms with Crippen LogP contribution in [0.1, 0.15) is 20.2 Å². The molecule has 110 valence electrons. The van der Waals surface area contributed by atoms with Crippen LogP contribution in [0.25, 0.3) is 0 Å². The van der Waals surface area contributed by atoms with Crippen molar-refractivity contribution in [1.29, 1.82) is 0 Å². The van der Waals surface area contributed by atoms with Gasteiger partial charge in [-0.3, -0.25) is 14.9 Å². The van der Waals surface area contributed by atoms with E-state index in [1.54, 1.807) is 13.2 Å². The van der Waals surface area contributed by atoms with E-state index in [-0.39, 0.29) is 16.3 Å². The number of hydrogen-bond acceptors (Lipinski definition) is 5. The first kappa shape index (κ1) is 15.4. The van der Waals surface area contributed by atoms with Crippen molar-refractivity contribution in [2.45, 2.75) is 13.5 Å². The van der Waals surface area contributed by atoms with Crippen LogP contribution in [0.4, 0.5) is 5.69 Å². The van der Waals surface area contributed by atoms with Gasteiger partial charge in [-0.1, -0.05) is 11.6 Å². The van der Waals surface area contributed by atoms with Crippen LogP contribution in [-0.2, 0) is 6.54 Å². The van der Waals surface area contributed by atoms with Gasteiger partial charge in [0.05, 0.1) is 16.5 Å². The first-order valence-electron chi connectivity index (χ1n) is 5.99. The Labute approximate surface area is 130 Å². The van der Waals surface area contributed by atoms with E-state index in [0.29, 0.717) is 6.54 Å². The van der Waals surface area contributed by atoms with Gasteiger partial charge >= 0.3 is 0 Å². The molecule has 1 aromatic heterocycles. The Hall–Kier alpha value is -1.99. The lowest BCUT2D eigenvalue weighted by molar-refractivity contribution is -0.385. The number of carbonyl (C=O) groups is 1. The Morgan fingerprint density at radius 2 is 2.24 bits per heavy atom. The lowest BCUT2D eigenvalue weighted by Crippen LogP contribution is -2.26. The van der Waals surface area contributed by atoms with Gasteiger partial charge in [0.2, 0.25) is 0 Å². The second-order valence-corrected chi connectivity index (χ2v) is 6.18. The molecule has 0 fully saturated rings. The predicted molar refractivity (Wildman–Crippen MR) is 80.8 cm³/mol. The maximum absolute atomic E-state index is 12.4. The summed E-state index contributed by atoms with van der Waals surface area (Å²) in [5, 5.41) is 12.2. The zero-order valence-electron chi connectivity index (χ0n) is 11.4. The van der Waals surface area contributed by atoms with Crippen molar-refractivity contribution in [2.24, 2.45) is 0 Å². The fourth-order valence-electron chi connectivity index (χ4n) is 1.83. The van der Waals surface area contributed by atoms with Crippen molar-refractivity contribution < 1.29 is 9.72 Å². The minimum absolute atomic E-state index is 0.0174. The monoisotopic (exact) mass is 325 g/mol. The summed E-state index contributed by atoms with van der Waals surface area (Å²) in [5.74, 6) is -0.449. The number of rotatable bonds is 4. The molecule has 2 rings (SSSR count). The Kier molecular flexibility index (Phi) is 4.54. The van der Waals surface area contributed by atoms with Crippen LogP contribution in [0.5, 0.6) is 0 Å². The van der Waals surface area contributed by atoms with Gasteiger partial charge in [0.15, 0.2) is 0 Å². The van der Waals surface area contributed by atoms with E-state index in [9.17, 15) is 14.9 Å². The Morgan fingerprint density at radius 3 is 2.81 bits per heavy atom. The van der Waals surface area contributed by atoms with Crippen molar-refractivity contribution in [1.82, 2.24) is 9.88 Å². The normalized spacial score (nSPS) is 10.4. The highest BCUT2D eigenvalue weighted by atomic mass is 35.5. The summed E-state index contributed by atoms with van der Waals surface area (Å²) >= 11 is 7.31. The molecular formula is C13H12ClN3O3S. The van der Waals surface area contributed by atoms with E-state index < -0.39 is 10.8 Å². The molecule has 0 saturated heterocycles.